The first-order valence-corrected chi connectivity index (χ1v) is 8.89. The van der Waals surface area contributed by atoms with Crippen molar-refractivity contribution in [3.05, 3.63) is 29.8 Å². The zero-order chi connectivity index (χ0) is 16.9. The van der Waals surface area contributed by atoms with Gasteiger partial charge in [-0.3, -0.25) is 9.59 Å². The maximum absolute atomic E-state index is 12.1. The minimum Gasteiger partial charge on any atom is -0.326 e. The molecule has 0 heterocycles. The Kier molecular flexibility index (Phi) is 5.28. The number of carbonyl (C=O) groups is 2. The number of hydrogen-bond donors (Lipinski definition) is 2. The van der Waals surface area contributed by atoms with Gasteiger partial charge in [-0.25, -0.2) is 5.43 Å². The number of benzene rings is 1. The van der Waals surface area contributed by atoms with Gasteiger partial charge in [0.1, 0.15) is 0 Å². The molecule has 2 N–H and O–H groups in total. The molecule has 0 saturated heterocycles. The van der Waals surface area contributed by atoms with Gasteiger partial charge in [0.05, 0.1) is 5.71 Å². The van der Waals surface area contributed by atoms with E-state index in [-0.39, 0.29) is 23.7 Å². The van der Waals surface area contributed by atoms with Gasteiger partial charge in [-0.15, -0.1) is 0 Å². The van der Waals surface area contributed by atoms with Crippen molar-refractivity contribution in [2.24, 2.45) is 16.9 Å². The van der Waals surface area contributed by atoms with E-state index in [2.05, 4.69) is 15.8 Å². The lowest BCUT2D eigenvalue weighted by Crippen LogP contribution is -2.29. The summed E-state index contributed by atoms with van der Waals surface area (Å²) in [5.74, 6) is 0.438. The van der Waals surface area contributed by atoms with E-state index in [0.717, 1.165) is 55.5 Å². The first-order chi connectivity index (χ1) is 11.6. The summed E-state index contributed by atoms with van der Waals surface area (Å²) in [6, 6.07) is 7.57. The monoisotopic (exact) mass is 327 g/mol. The second-order valence-electron chi connectivity index (χ2n) is 6.85. The van der Waals surface area contributed by atoms with Crippen LogP contribution < -0.4 is 10.7 Å². The molecule has 5 heteroatoms. The third kappa shape index (κ3) is 4.43. The number of rotatable bonds is 5. The fourth-order valence-corrected chi connectivity index (χ4v) is 3.04. The van der Waals surface area contributed by atoms with E-state index < -0.39 is 0 Å². The van der Waals surface area contributed by atoms with Crippen molar-refractivity contribution in [3.8, 4) is 0 Å². The van der Waals surface area contributed by atoms with E-state index in [0.29, 0.717) is 0 Å². The van der Waals surface area contributed by atoms with Gasteiger partial charge in [0.15, 0.2) is 0 Å². The van der Waals surface area contributed by atoms with Crippen molar-refractivity contribution in [2.75, 3.05) is 5.32 Å². The summed E-state index contributed by atoms with van der Waals surface area (Å²) >= 11 is 0. The number of nitrogens with one attached hydrogen (secondary N) is 2. The highest BCUT2D eigenvalue weighted by Gasteiger charge is 2.29. The first-order valence-electron chi connectivity index (χ1n) is 8.89. The number of anilines is 1. The number of amides is 2. The van der Waals surface area contributed by atoms with Crippen LogP contribution in [-0.2, 0) is 9.59 Å². The van der Waals surface area contributed by atoms with Gasteiger partial charge in [0.25, 0.3) is 0 Å². The van der Waals surface area contributed by atoms with Crippen molar-refractivity contribution >= 4 is 23.2 Å². The quantitative estimate of drug-likeness (QED) is 0.642. The molecule has 2 aliphatic rings. The minimum absolute atomic E-state index is 0.0300. The lowest BCUT2D eigenvalue weighted by atomic mass is 9.89. The number of hydrazone groups is 1. The lowest BCUT2D eigenvalue weighted by Gasteiger charge is -2.19. The molecular formula is C19H25N3O2. The van der Waals surface area contributed by atoms with E-state index in [9.17, 15) is 9.59 Å². The molecule has 2 saturated carbocycles. The van der Waals surface area contributed by atoms with Crippen LogP contribution in [0.25, 0.3) is 0 Å². The van der Waals surface area contributed by atoms with E-state index in [4.69, 9.17) is 0 Å². The first kappa shape index (κ1) is 16.7. The number of nitrogens with zero attached hydrogens (tertiary/aromatic N) is 1. The van der Waals surface area contributed by atoms with Gasteiger partial charge in [0, 0.05) is 17.5 Å². The van der Waals surface area contributed by atoms with Crippen molar-refractivity contribution in [2.45, 2.75) is 51.9 Å². The minimum atomic E-state index is 0.0300. The summed E-state index contributed by atoms with van der Waals surface area (Å²) < 4.78 is 0. The highest BCUT2D eigenvalue weighted by molar-refractivity contribution is 6.00. The molecule has 0 atom stereocenters. The van der Waals surface area contributed by atoms with Crippen LogP contribution in [0.3, 0.4) is 0 Å². The van der Waals surface area contributed by atoms with Crippen LogP contribution in [0.5, 0.6) is 0 Å². The molecule has 1 aromatic rings. The van der Waals surface area contributed by atoms with Crippen LogP contribution in [0.15, 0.2) is 29.4 Å². The Morgan fingerprint density at radius 3 is 2.17 bits per heavy atom. The lowest BCUT2D eigenvalue weighted by molar-refractivity contribution is -0.125. The molecule has 0 spiro atoms. The van der Waals surface area contributed by atoms with Crippen molar-refractivity contribution < 1.29 is 9.59 Å². The SMILES string of the molecule is CC(=NNC(=O)C1CCCCC1)c1ccc(NC(=O)C2CC2)cc1. The topological polar surface area (TPSA) is 70.6 Å². The van der Waals surface area contributed by atoms with Gasteiger partial charge in [0.2, 0.25) is 11.8 Å². The summed E-state index contributed by atoms with van der Waals surface area (Å²) in [7, 11) is 0. The average molecular weight is 327 g/mol. The molecule has 2 amide bonds. The average Bonchev–Trinajstić information content (AvgIpc) is 3.46. The van der Waals surface area contributed by atoms with Crippen LogP contribution in [0.2, 0.25) is 0 Å². The van der Waals surface area contributed by atoms with Gasteiger partial charge < -0.3 is 5.32 Å². The normalized spacial score (nSPS) is 19.0. The second-order valence-corrected chi connectivity index (χ2v) is 6.85. The summed E-state index contributed by atoms with van der Waals surface area (Å²) in [6.45, 7) is 1.87. The highest BCUT2D eigenvalue weighted by atomic mass is 16.2. The Morgan fingerprint density at radius 1 is 0.917 bits per heavy atom. The number of carbonyl (C=O) groups excluding carboxylic acids is 2. The molecule has 3 rings (SSSR count). The Morgan fingerprint density at radius 2 is 1.54 bits per heavy atom. The van der Waals surface area contributed by atoms with Crippen LogP contribution >= 0.6 is 0 Å². The van der Waals surface area contributed by atoms with Crippen molar-refractivity contribution in [1.82, 2.24) is 5.43 Å². The largest absolute Gasteiger partial charge is 0.326 e. The molecule has 0 aliphatic heterocycles. The Labute approximate surface area is 142 Å². The van der Waals surface area contributed by atoms with E-state index in [1.807, 2.05) is 31.2 Å². The fourth-order valence-electron chi connectivity index (χ4n) is 3.04. The third-order valence-corrected chi connectivity index (χ3v) is 4.83. The molecule has 0 aromatic heterocycles. The van der Waals surface area contributed by atoms with Crippen molar-refractivity contribution in [3.63, 3.8) is 0 Å². The zero-order valence-electron chi connectivity index (χ0n) is 14.2. The summed E-state index contributed by atoms with van der Waals surface area (Å²) in [6.07, 6.45) is 7.43. The molecule has 1 aromatic carbocycles. The third-order valence-electron chi connectivity index (χ3n) is 4.83. The fraction of sp³-hybridized carbons (Fsp3) is 0.526. The Balaban J connectivity index is 1.54. The van der Waals surface area contributed by atoms with Crippen LogP contribution in [0.1, 0.15) is 57.4 Å². The maximum atomic E-state index is 12.1. The van der Waals surface area contributed by atoms with Crippen LogP contribution in [-0.4, -0.2) is 17.5 Å². The standard InChI is InChI=1S/C19H25N3O2/c1-13(21-22-19(24)15-5-3-2-4-6-15)14-9-11-17(12-10-14)20-18(23)16-7-8-16/h9-12,15-16H,2-8H2,1H3,(H,20,23)(H,22,24). The Bertz CT molecular complexity index is 627. The van der Waals surface area contributed by atoms with Crippen LogP contribution in [0.4, 0.5) is 5.69 Å². The van der Waals surface area contributed by atoms with E-state index in [1.54, 1.807) is 0 Å². The summed E-state index contributed by atoms with van der Waals surface area (Å²) in [4.78, 5) is 23.9. The molecule has 5 nitrogen and oxygen atoms in total. The predicted molar refractivity (Wildman–Crippen MR) is 94.7 cm³/mol. The molecule has 2 fully saturated rings. The zero-order valence-corrected chi connectivity index (χ0v) is 14.2. The molecule has 2 aliphatic carbocycles. The number of hydrogen-bond acceptors (Lipinski definition) is 3. The predicted octanol–water partition coefficient (Wildman–Crippen LogP) is 3.46. The Hall–Kier alpha value is -2.17. The smallest absolute Gasteiger partial charge is 0.243 e. The molecule has 0 radical (unpaired) electrons. The molecular weight excluding hydrogens is 302 g/mol. The second kappa shape index (κ2) is 7.60. The molecule has 0 bridgehead atoms. The van der Waals surface area contributed by atoms with E-state index in [1.165, 1.54) is 6.42 Å². The van der Waals surface area contributed by atoms with Crippen molar-refractivity contribution in [1.29, 1.82) is 0 Å². The highest BCUT2D eigenvalue weighted by Crippen LogP contribution is 2.30. The maximum Gasteiger partial charge on any atom is 0.243 e. The summed E-state index contributed by atoms with van der Waals surface area (Å²) in [5, 5.41) is 7.14. The molecule has 0 unspecified atom stereocenters. The van der Waals surface area contributed by atoms with Crippen LogP contribution in [0, 0.1) is 11.8 Å². The molecule has 128 valence electrons. The molecule has 24 heavy (non-hydrogen) atoms. The van der Waals surface area contributed by atoms with Gasteiger partial charge in [-0.05, 0) is 50.3 Å². The van der Waals surface area contributed by atoms with Gasteiger partial charge >= 0.3 is 0 Å². The van der Waals surface area contributed by atoms with Gasteiger partial charge in [-0.2, -0.15) is 5.10 Å². The van der Waals surface area contributed by atoms with Gasteiger partial charge in [-0.1, -0.05) is 31.4 Å². The van der Waals surface area contributed by atoms with E-state index >= 15 is 0 Å². The summed E-state index contributed by atoms with van der Waals surface area (Å²) in [5.41, 5.74) is 5.20.